The molecular weight excluding hydrogens is 288 g/mol. The van der Waals surface area contributed by atoms with Crippen LogP contribution in [-0.2, 0) is 6.42 Å². The van der Waals surface area contributed by atoms with Gasteiger partial charge in [-0.1, -0.05) is 6.07 Å². The highest BCUT2D eigenvalue weighted by Crippen LogP contribution is 2.26. The molecule has 1 amide bonds. The fraction of sp³-hybridized carbons (Fsp3) is 0.389. The van der Waals surface area contributed by atoms with Crippen LogP contribution in [0.4, 0.5) is 0 Å². The maximum atomic E-state index is 12.8. The van der Waals surface area contributed by atoms with Crippen LogP contribution in [-0.4, -0.2) is 58.4 Å². The minimum atomic E-state index is 0.0222. The summed E-state index contributed by atoms with van der Waals surface area (Å²) < 4.78 is 0. The molecule has 5 heteroatoms. The summed E-state index contributed by atoms with van der Waals surface area (Å²) in [5.41, 5.74) is 1.73. The van der Waals surface area contributed by atoms with Crippen LogP contribution in [0.1, 0.15) is 22.5 Å². The minimum absolute atomic E-state index is 0.0222. The molecule has 2 aromatic heterocycles. The van der Waals surface area contributed by atoms with Crippen LogP contribution in [0.15, 0.2) is 48.9 Å². The fourth-order valence-electron chi connectivity index (χ4n) is 3.33. The molecule has 120 valence electrons. The molecule has 0 N–H and O–H groups in total. The fourth-order valence-corrected chi connectivity index (χ4v) is 3.33. The van der Waals surface area contributed by atoms with Crippen LogP contribution in [0.3, 0.4) is 0 Å². The summed E-state index contributed by atoms with van der Waals surface area (Å²) in [5.74, 6) is 0.0222. The van der Waals surface area contributed by atoms with Crippen molar-refractivity contribution in [3.8, 4) is 0 Å². The predicted molar refractivity (Wildman–Crippen MR) is 89.1 cm³/mol. The van der Waals surface area contributed by atoms with E-state index in [0.29, 0.717) is 11.7 Å². The standard InChI is InChI=1S/C18H22N4O/c1-21(2)16-8-12-22(18(23)15-5-3-4-9-20-15)17(16)13-14-6-10-19-11-7-14/h3-7,9-11,16-17H,8,12-13H2,1-2H3/t16-,17+/m1/s1. The van der Waals surface area contributed by atoms with E-state index in [-0.39, 0.29) is 11.9 Å². The van der Waals surface area contributed by atoms with Crippen LogP contribution in [0.2, 0.25) is 0 Å². The SMILES string of the molecule is CN(C)[C@@H]1CCN(C(=O)c2ccccn2)[C@H]1Cc1ccncc1. The van der Waals surface area contributed by atoms with Gasteiger partial charge < -0.3 is 9.80 Å². The summed E-state index contributed by atoms with van der Waals surface area (Å²) in [6.07, 6.45) is 7.11. The summed E-state index contributed by atoms with van der Waals surface area (Å²) in [6, 6.07) is 10.0. The predicted octanol–water partition coefficient (Wildman–Crippen LogP) is 1.86. The third-order valence-corrected chi connectivity index (χ3v) is 4.51. The summed E-state index contributed by atoms with van der Waals surface area (Å²) in [4.78, 5) is 25.3. The van der Waals surface area contributed by atoms with E-state index in [2.05, 4.69) is 29.0 Å². The van der Waals surface area contributed by atoms with E-state index in [1.54, 1.807) is 24.7 Å². The van der Waals surface area contributed by atoms with Gasteiger partial charge in [-0.3, -0.25) is 14.8 Å². The van der Waals surface area contributed by atoms with Gasteiger partial charge >= 0.3 is 0 Å². The summed E-state index contributed by atoms with van der Waals surface area (Å²) in [5, 5.41) is 0. The van der Waals surface area contributed by atoms with Gasteiger partial charge in [0, 0.05) is 31.2 Å². The van der Waals surface area contributed by atoms with Gasteiger partial charge in [0.15, 0.2) is 0 Å². The Bertz CT molecular complexity index is 645. The number of amides is 1. The first-order valence-electron chi connectivity index (χ1n) is 7.94. The highest BCUT2D eigenvalue weighted by Gasteiger charge is 2.38. The number of pyridine rings is 2. The van der Waals surface area contributed by atoms with E-state index in [1.165, 1.54) is 5.56 Å². The van der Waals surface area contributed by atoms with Gasteiger partial charge in [-0.25, -0.2) is 0 Å². The van der Waals surface area contributed by atoms with Crippen molar-refractivity contribution in [2.45, 2.75) is 24.9 Å². The van der Waals surface area contributed by atoms with E-state index in [4.69, 9.17) is 0 Å². The molecule has 2 atom stereocenters. The van der Waals surface area contributed by atoms with Crippen molar-refractivity contribution >= 4 is 5.91 Å². The van der Waals surface area contributed by atoms with Gasteiger partial charge in [0.05, 0.1) is 6.04 Å². The van der Waals surface area contributed by atoms with Crippen molar-refractivity contribution in [1.82, 2.24) is 19.8 Å². The second kappa shape index (κ2) is 6.87. The van der Waals surface area contributed by atoms with Crippen molar-refractivity contribution < 1.29 is 4.79 Å². The summed E-state index contributed by atoms with van der Waals surface area (Å²) >= 11 is 0. The molecule has 1 saturated heterocycles. The zero-order valence-electron chi connectivity index (χ0n) is 13.6. The second-order valence-electron chi connectivity index (χ2n) is 6.16. The van der Waals surface area contributed by atoms with E-state index < -0.39 is 0 Å². The minimum Gasteiger partial charge on any atom is -0.332 e. The first-order chi connectivity index (χ1) is 11.2. The number of likely N-dealkylation sites (N-methyl/N-ethyl adjacent to an activating group) is 1. The smallest absolute Gasteiger partial charge is 0.272 e. The number of nitrogens with zero attached hydrogens (tertiary/aromatic N) is 4. The average molecular weight is 310 g/mol. The van der Waals surface area contributed by atoms with Crippen LogP contribution in [0.5, 0.6) is 0 Å². The van der Waals surface area contributed by atoms with Crippen LogP contribution >= 0.6 is 0 Å². The highest BCUT2D eigenvalue weighted by atomic mass is 16.2. The number of hydrogen-bond donors (Lipinski definition) is 0. The number of carbonyl (C=O) groups excluding carboxylic acids is 1. The number of aromatic nitrogens is 2. The molecule has 0 aromatic carbocycles. The van der Waals surface area contributed by atoms with Crippen LogP contribution < -0.4 is 0 Å². The van der Waals surface area contributed by atoms with Gasteiger partial charge in [-0.2, -0.15) is 0 Å². The Morgan fingerprint density at radius 3 is 2.65 bits per heavy atom. The Balaban J connectivity index is 1.85. The molecule has 3 heterocycles. The molecule has 0 aliphatic carbocycles. The molecule has 0 bridgehead atoms. The first kappa shape index (κ1) is 15.6. The normalized spacial score (nSPS) is 20.9. The van der Waals surface area contributed by atoms with Crippen molar-refractivity contribution in [3.05, 3.63) is 60.2 Å². The van der Waals surface area contributed by atoms with Gasteiger partial charge in [-0.15, -0.1) is 0 Å². The molecule has 3 rings (SSSR count). The van der Waals surface area contributed by atoms with E-state index in [9.17, 15) is 4.79 Å². The van der Waals surface area contributed by atoms with Crippen molar-refractivity contribution in [3.63, 3.8) is 0 Å². The van der Waals surface area contributed by atoms with E-state index in [0.717, 1.165) is 19.4 Å². The average Bonchev–Trinajstić information content (AvgIpc) is 2.99. The summed E-state index contributed by atoms with van der Waals surface area (Å²) in [6.45, 7) is 0.772. The molecule has 23 heavy (non-hydrogen) atoms. The molecule has 0 unspecified atom stereocenters. The van der Waals surface area contributed by atoms with Gasteiger partial charge in [0.1, 0.15) is 5.69 Å². The zero-order valence-corrected chi connectivity index (χ0v) is 13.6. The Morgan fingerprint density at radius 1 is 1.22 bits per heavy atom. The second-order valence-corrected chi connectivity index (χ2v) is 6.16. The van der Waals surface area contributed by atoms with Crippen LogP contribution in [0.25, 0.3) is 0 Å². The molecule has 2 aromatic rings. The highest BCUT2D eigenvalue weighted by molar-refractivity contribution is 5.92. The molecular formula is C18H22N4O. The lowest BCUT2D eigenvalue weighted by molar-refractivity contribution is 0.0698. The van der Waals surface area contributed by atoms with Gasteiger partial charge in [0.25, 0.3) is 5.91 Å². The lowest BCUT2D eigenvalue weighted by Gasteiger charge is -2.31. The topological polar surface area (TPSA) is 49.3 Å². The monoisotopic (exact) mass is 310 g/mol. The Kier molecular flexibility index (Phi) is 4.67. The van der Waals surface area contributed by atoms with Crippen molar-refractivity contribution in [1.29, 1.82) is 0 Å². The largest absolute Gasteiger partial charge is 0.332 e. The number of likely N-dealkylation sites (tertiary alicyclic amines) is 1. The maximum absolute atomic E-state index is 12.8. The Labute approximate surface area is 137 Å². The first-order valence-corrected chi connectivity index (χ1v) is 7.94. The molecule has 1 aliphatic heterocycles. The number of hydrogen-bond acceptors (Lipinski definition) is 4. The molecule has 5 nitrogen and oxygen atoms in total. The van der Waals surface area contributed by atoms with Gasteiger partial charge in [0.2, 0.25) is 0 Å². The number of rotatable bonds is 4. The molecule has 0 saturated carbocycles. The Hall–Kier alpha value is -2.27. The quantitative estimate of drug-likeness (QED) is 0.865. The Morgan fingerprint density at radius 2 is 2.00 bits per heavy atom. The van der Waals surface area contributed by atoms with Crippen LogP contribution in [0, 0.1) is 0 Å². The van der Waals surface area contributed by atoms with Crippen molar-refractivity contribution in [2.75, 3.05) is 20.6 Å². The number of carbonyl (C=O) groups is 1. The van der Waals surface area contributed by atoms with E-state index >= 15 is 0 Å². The maximum Gasteiger partial charge on any atom is 0.272 e. The lowest BCUT2D eigenvalue weighted by Crippen LogP contribution is -2.46. The lowest BCUT2D eigenvalue weighted by atomic mass is 10.00. The molecule has 1 aliphatic rings. The van der Waals surface area contributed by atoms with E-state index in [1.807, 2.05) is 29.2 Å². The van der Waals surface area contributed by atoms with Gasteiger partial charge in [-0.05, 0) is 56.8 Å². The molecule has 1 fully saturated rings. The molecule has 0 radical (unpaired) electrons. The molecule has 0 spiro atoms. The summed E-state index contributed by atoms with van der Waals surface area (Å²) in [7, 11) is 4.16. The third kappa shape index (κ3) is 3.40. The van der Waals surface area contributed by atoms with Crippen molar-refractivity contribution in [2.24, 2.45) is 0 Å². The zero-order chi connectivity index (χ0) is 16.2. The third-order valence-electron chi connectivity index (χ3n) is 4.51.